The molecular formula is C32H29Cl2F3N6OS. The fourth-order valence-electron chi connectivity index (χ4n) is 4.59. The molecule has 1 unspecified atom stereocenters. The molecule has 0 spiro atoms. The zero-order valence-electron chi connectivity index (χ0n) is 24.3. The molecule has 0 saturated carbocycles. The molecule has 7 nitrogen and oxygen atoms in total. The van der Waals surface area contributed by atoms with Crippen LogP contribution in [0.25, 0.3) is 0 Å². The molecule has 0 fully saturated rings. The summed E-state index contributed by atoms with van der Waals surface area (Å²) in [6.07, 6.45) is -2.37. The second-order valence-corrected chi connectivity index (χ2v) is 12.1. The van der Waals surface area contributed by atoms with Gasteiger partial charge in [0.1, 0.15) is 5.78 Å². The third-order valence-electron chi connectivity index (χ3n) is 7.44. The van der Waals surface area contributed by atoms with Crippen LogP contribution in [0.2, 0.25) is 10.0 Å². The summed E-state index contributed by atoms with van der Waals surface area (Å²) in [7, 11) is 0. The van der Waals surface area contributed by atoms with Crippen LogP contribution in [-0.4, -0.2) is 31.5 Å². The second kappa shape index (κ2) is 14.0. The number of thiocarbonyl (C=S) groups is 1. The monoisotopic (exact) mass is 672 g/mol. The maximum absolute atomic E-state index is 13.9. The number of benzene rings is 3. The molecule has 4 rings (SSSR count). The predicted octanol–water partition coefficient (Wildman–Crippen LogP) is 7.45. The van der Waals surface area contributed by atoms with Crippen LogP contribution >= 0.6 is 35.4 Å². The van der Waals surface area contributed by atoms with Gasteiger partial charge >= 0.3 is 6.18 Å². The van der Waals surface area contributed by atoms with E-state index in [1.165, 1.54) is 17.0 Å². The Labute approximate surface area is 274 Å². The van der Waals surface area contributed by atoms with Crippen molar-refractivity contribution in [3.63, 3.8) is 0 Å². The molecule has 45 heavy (non-hydrogen) atoms. The number of ketones is 1. The molecule has 3 aromatic carbocycles. The molecule has 234 valence electrons. The molecule has 1 heterocycles. The molecule has 0 saturated heterocycles. The van der Waals surface area contributed by atoms with Gasteiger partial charge in [-0.2, -0.15) is 18.4 Å². The number of nitrogens with one attached hydrogen (secondary N) is 1. The van der Waals surface area contributed by atoms with E-state index in [1.807, 2.05) is 16.7 Å². The van der Waals surface area contributed by atoms with Crippen molar-refractivity contribution in [1.82, 2.24) is 14.5 Å². The van der Waals surface area contributed by atoms with Crippen molar-refractivity contribution in [1.29, 1.82) is 5.26 Å². The first-order valence-corrected chi connectivity index (χ1v) is 14.8. The quantitative estimate of drug-likeness (QED) is 0.133. The zero-order valence-corrected chi connectivity index (χ0v) is 26.6. The number of carbonyl (C=O) groups is 1. The molecule has 1 aromatic heterocycles. The van der Waals surface area contributed by atoms with Crippen molar-refractivity contribution in [2.45, 2.75) is 45.7 Å². The van der Waals surface area contributed by atoms with E-state index in [0.29, 0.717) is 28.4 Å². The van der Waals surface area contributed by atoms with Gasteiger partial charge < -0.3 is 20.5 Å². The lowest BCUT2D eigenvalue weighted by atomic mass is 9.82. The molecule has 0 bridgehead atoms. The number of alkyl halides is 3. The molecule has 0 amide bonds. The molecule has 13 heteroatoms. The maximum Gasteiger partial charge on any atom is 0.416 e. The van der Waals surface area contributed by atoms with Crippen LogP contribution in [0.15, 0.2) is 79.3 Å². The Bertz CT molecular complexity index is 1730. The number of nitrogens with two attached hydrogens (primary N) is 1. The molecule has 0 aliphatic rings. The number of imidazole rings is 1. The van der Waals surface area contributed by atoms with E-state index in [2.05, 4.69) is 16.4 Å². The lowest BCUT2D eigenvalue weighted by Gasteiger charge is -2.40. The van der Waals surface area contributed by atoms with Crippen LogP contribution in [0.3, 0.4) is 0 Å². The first-order valence-electron chi connectivity index (χ1n) is 13.7. The van der Waals surface area contributed by atoms with Crippen molar-refractivity contribution in [2.24, 2.45) is 11.1 Å². The Morgan fingerprint density at radius 2 is 1.82 bits per heavy atom. The van der Waals surface area contributed by atoms with Crippen molar-refractivity contribution in [2.75, 3.05) is 5.32 Å². The number of carbonyl (C=O) groups excluding carboxylic acids is 1. The summed E-state index contributed by atoms with van der Waals surface area (Å²) in [5.41, 5.74) is 7.48. The van der Waals surface area contributed by atoms with Gasteiger partial charge in [0.2, 0.25) is 0 Å². The Balaban J connectivity index is 1.59. The lowest BCUT2D eigenvalue weighted by molar-refractivity contribution is -0.137. The van der Waals surface area contributed by atoms with Crippen molar-refractivity contribution >= 4 is 52.0 Å². The average molecular weight is 674 g/mol. The normalized spacial score (nSPS) is 12.3. The van der Waals surface area contributed by atoms with E-state index in [-0.39, 0.29) is 34.6 Å². The van der Waals surface area contributed by atoms with E-state index >= 15 is 0 Å². The highest BCUT2D eigenvalue weighted by Crippen LogP contribution is 2.33. The summed E-state index contributed by atoms with van der Waals surface area (Å²) in [5, 5.41) is 12.5. The summed E-state index contributed by atoms with van der Waals surface area (Å²) >= 11 is 18.4. The van der Waals surface area contributed by atoms with Crippen LogP contribution in [0.5, 0.6) is 0 Å². The highest BCUT2D eigenvalue weighted by molar-refractivity contribution is 7.80. The van der Waals surface area contributed by atoms with Crippen LogP contribution < -0.4 is 11.1 Å². The average Bonchev–Trinajstić information content (AvgIpc) is 3.43. The van der Waals surface area contributed by atoms with Crippen LogP contribution in [0.1, 0.15) is 41.8 Å². The first-order chi connectivity index (χ1) is 21.2. The van der Waals surface area contributed by atoms with Gasteiger partial charge in [-0.1, -0.05) is 53.5 Å². The van der Waals surface area contributed by atoms with Gasteiger partial charge in [0.25, 0.3) is 0 Å². The Morgan fingerprint density at radius 3 is 2.49 bits per heavy atom. The minimum absolute atomic E-state index is 0.00341. The summed E-state index contributed by atoms with van der Waals surface area (Å²) in [6.45, 7) is 3.81. The largest absolute Gasteiger partial charge is 0.416 e. The third-order valence-corrected chi connectivity index (χ3v) is 8.64. The topological polar surface area (TPSA) is 100.0 Å². The molecule has 1 atom stereocenters. The molecule has 0 radical (unpaired) electrons. The van der Waals surface area contributed by atoms with Crippen LogP contribution in [-0.2, 0) is 30.5 Å². The SMILES string of the molecule is CC(C)(C(=O)Cc1cncn1Cc1ccc(C#N)cc1)C(N)N(Cc1cccc(Cl)c1Cl)C(=S)Nc1cccc(C(F)(F)F)c1. The van der Waals surface area contributed by atoms with Gasteiger partial charge in [0.15, 0.2) is 5.11 Å². The van der Waals surface area contributed by atoms with Crippen molar-refractivity contribution in [3.05, 3.63) is 117 Å². The first kappa shape index (κ1) is 33.9. The highest BCUT2D eigenvalue weighted by atomic mass is 35.5. The molecule has 4 aromatic rings. The second-order valence-electron chi connectivity index (χ2n) is 10.9. The van der Waals surface area contributed by atoms with E-state index in [0.717, 1.165) is 17.7 Å². The summed E-state index contributed by atoms with van der Waals surface area (Å²) in [4.78, 5) is 19.6. The third kappa shape index (κ3) is 8.21. The number of hydrogen-bond donors (Lipinski definition) is 2. The van der Waals surface area contributed by atoms with Gasteiger partial charge in [-0.15, -0.1) is 0 Å². The minimum atomic E-state index is -4.55. The molecular weight excluding hydrogens is 644 g/mol. The van der Waals surface area contributed by atoms with E-state index < -0.39 is 23.3 Å². The Morgan fingerprint density at radius 1 is 1.13 bits per heavy atom. The fourth-order valence-corrected chi connectivity index (χ4v) is 5.26. The number of anilines is 1. The molecule has 0 aliphatic carbocycles. The summed E-state index contributed by atoms with van der Waals surface area (Å²) in [6, 6.07) is 18.8. The number of rotatable bonds is 10. The lowest BCUT2D eigenvalue weighted by Crippen LogP contribution is -2.57. The van der Waals surface area contributed by atoms with Crippen molar-refractivity contribution < 1.29 is 18.0 Å². The standard InChI is InChI=1S/C32H29Cl2F3N6OS/c1-31(2,27(44)14-25-16-40-19-42(25)17-21-11-9-20(15-38)10-12-21)29(39)43(18-22-5-3-8-26(33)28(22)34)30(45)41-24-7-4-6-23(13-24)32(35,36)37/h3-13,16,19,29H,14,17-18,39H2,1-2H3,(H,41,45). The highest BCUT2D eigenvalue weighted by Gasteiger charge is 2.39. The smallest absolute Gasteiger partial charge is 0.333 e. The van der Waals surface area contributed by atoms with E-state index in [9.17, 15) is 18.0 Å². The zero-order chi connectivity index (χ0) is 32.9. The molecule has 0 aliphatic heterocycles. The van der Waals surface area contributed by atoms with Gasteiger partial charge in [-0.3, -0.25) is 4.79 Å². The van der Waals surface area contributed by atoms with E-state index in [1.54, 1.807) is 56.7 Å². The molecule has 3 N–H and O–H groups in total. The number of hydrogen-bond acceptors (Lipinski definition) is 5. The summed E-state index contributed by atoms with van der Waals surface area (Å²) in [5.74, 6) is -0.222. The number of halogens is 5. The number of Topliss-reactive ketones (excluding diaryl/α,β-unsaturated/α-hetero) is 1. The minimum Gasteiger partial charge on any atom is -0.333 e. The van der Waals surface area contributed by atoms with Crippen LogP contribution in [0.4, 0.5) is 18.9 Å². The predicted molar refractivity (Wildman–Crippen MR) is 173 cm³/mol. The fraction of sp³-hybridized carbons (Fsp3) is 0.250. The van der Waals surface area contributed by atoms with Crippen molar-refractivity contribution in [3.8, 4) is 6.07 Å². The number of nitriles is 1. The number of aromatic nitrogens is 2. The Kier molecular flexibility index (Phi) is 10.6. The van der Waals surface area contributed by atoms with E-state index in [4.69, 9.17) is 46.4 Å². The van der Waals surface area contributed by atoms with Crippen LogP contribution in [0, 0.1) is 16.7 Å². The van der Waals surface area contributed by atoms with Gasteiger partial charge in [0, 0.05) is 37.1 Å². The van der Waals surface area contributed by atoms with Gasteiger partial charge in [0.05, 0.1) is 45.1 Å². The number of nitrogens with zero attached hydrogens (tertiary/aromatic N) is 4. The maximum atomic E-state index is 13.9. The van der Waals surface area contributed by atoms with Gasteiger partial charge in [-0.25, -0.2) is 4.98 Å². The van der Waals surface area contributed by atoms with Gasteiger partial charge in [-0.05, 0) is 73.6 Å². The summed E-state index contributed by atoms with van der Waals surface area (Å²) < 4.78 is 41.9. The Hall–Kier alpha value is -3.95.